The topological polar surface area (TPSA) is 92.5 Å². The van der Waals surface area contributed by atoms with Crippen molar-refractivity contribution in [2.45, 2.75) is 58.4 Å². The number of rotatable bonds is 9. The highest BCUT2D eigenvalue weighted by Gasteiger charge is 2.26. The molecule has 0 aromatic rings. The van der Waals surface area contributed by atoms with E-state index in [0.29, 0.717) is 19.4 Å². The number of nitrogens with one attached hydrogen (secondary N) is 1. The Morgan fingerprint density at radius 3 is 2.83 bits per heavy atom. The van der Waals surface area contributed by atoms with Gasteiger partial charge in [-0.05, 0) is 38.8 Å². The van der Waals surface area contributed by atoms with E-state index in [2.05, 4.69) is 17.1 Å². The van der Waals surface area contributed by atoms with E-state index in [1.54, 1.807) is 6.92 Å². The highest BCUT2D eigenvalue weighted by Crippen LogP contribution is 2.11. The van der Waals surface area contributed by atoms with Crippen molar-refractivity contribution < 1.29 is 14.4 Å². The van der Waals surface area contributed by atoms with Crippen LogP contribution in [0.2, 0.25) is 0 Å². The molecule has 1 aliphatic rings. The Kier molecular flexibility index (Phi) is 8.84. The van der Waals surface area contributed by atoms with Crippen LogP contribution in [-0.2, 0) is 14.4 Å². The van der Waals surface area contributed by atoms with Gasteiger partial charge >= 0.3 is 0 Å². The van der Waals surface area contributed by atoms with Crippen LogP contribution in [0.5, 0.6) is 0 Å². The summed E-state index contributed by atoms with van der Waals surface area (Å²) in [5.41, 5.74) is 5.16. The van der Waals surface area contributed by atoms with Gasteiger partial charge in [0.05, 0.1) is 19.0 Å². The summed E-state index contributed by atoms with van der Waals surface area (Å²) in [6.07, 6.45) is 6.74. The molecule has 1 aliphatic heterocycles. The van der Waals surface area contributed by atoms with Gasteiger partial charge in [0.2, 0.25) is 11.8 Å². The number of nitrogens with two attached hydrogens (primary N) is 1. The minimum absolute atomic E-state index is 0.0729. The Morgan fingerprint density at radius 2 is 2.17 bits per heavy atom. The van der Waals surface area contributed by atoms with Crippen molar-refractivity contribution in [3.8, 4) is 0 Å². The number of primary amides is 1. The molecule has 0 bridgehead atoms. The van der Waals surface area contributed by atoms with Gasteiger partial charge in [0, 0.05) is 5.92 Å². The first kappa shape index (κ1) is 19.6. The molecule has 6 nitrogen and oxygen atoms in total. The molecule has 1 unspecified atom stereocenters. The van der Waals surface area contributed by atoms with E-state index in [0.717, 1.165) is 25.9 Å². The third-order valence-corrected chi connectivity index (χ3v) is 4.27. The second-order valence-electron chi connectivity index (χ2n) is 6.40. The molecule has 1 rings (SSSR count). The van der Waals surface area contributed by atoms with E-state index in [1.165, 1.54) is 19.3 Å². The summed E-state index contributed by atoms with van der Waals surface area (Å²) in [4.78, 5) is 37.3. The lowest BCUT2D eigenvalue weighted by Crippen LogP contribution is -2.43. The quantitative estimate of drug-likeness (QED) is 0.620. The van der Waals surface area contributed by atoms with Crippen molar-refractivity contribution in [1.82, 2.24) is 10.2 Å². The minimum atomic E-state index is -0.428. The number of amides is 2. The number of likely N-dealkylation sites (tertiary alicyclic amines) is 1. The van der Waals surface area contributed by atoms with Gasteiger partial charge in [-0.2, -0.15) is 0 Å². The van der Waals surface area contributed by atoms with Gasteiger partial charge in [-0.25, -0.2) is 0 Å². The van der Waals surface area contributed by atoms with E-state index in [-0.39, 0.29) is 17.6 Å². The highest BCUT2D eigenvalue weighted by molar-refractivity contribution is 5.93. The summed E-state index contributed by atoms with van der Waals surface area (Å²) < 4.78 is 0. The monoisotopic (exact) mass is 324 g/mol. The fourth-order valence-corrected chi connectivity index (χ4v) is 2.65. The smallest absolute Gasteiger partial charge is 0.224 e. The normalized spacial score (nSPS) is 20.8. The number of hydrogen-bond donors (Lipinski definition) is 2. The zero-order chi connectivity index (χ0) is 17.2. The van der Waals surface area contributed by atoms with Crippen molar-refractivity contribution >= 4 is 17.6 Å². The largest absolute Gasteiger partial charge is 0.369 e. The highest BCUT2D eigenvalue weighted by atomic mass is 16.2. The molecule has 3 N–H and O–H groups in total. The van der Waals surface area contributed by atoms with E-state index in [4.69, 9.17) is 5.73 Å². The maximum Gasteiger partial charge on any atom is 0.224 e. The molecule has 1 saturated heterocycles. The summed E-state index contributed by atoms with van der Waals surface area (Å²) in [5, 5.41) is 2.77. The molecule has 2 amide bonds. The number of unbranched alkanes of at least 4 members (excludes halogenated alkanes) is 2. The SMILES string of the molecule is CCCCCN1CCC[C@H](NC(=O)[CH]CC(C)C(N)=O)C(=O)C1. The first-order chi connectivity index (χ1) is 10.9. The lowest BCUT2D eigenvalue weighted by Gasteiger charge is -2.19. The van der Waals surface area contributed by atoms with Crippen molar-refractivity contribution in [1.29, 1.82) is 0 Å². The molecule has 0 aromatic heterocycles. The predicted molar refractivity (Wildman–Crippen MR) is 89.4 cm³/mol. The molecular formula is C17H30N3O3. The second-order valence-corrected chi connectivity index (χ2v) is 6.40. The van der Waals surface area contributed by atoms with E-state index < -0.39 is 11.9 Å². The molecule has 1 radical (unpaired) electrons. The zero-order valence-electron chi connectivity index (χ0n) is 14.3. The van der Waals surface area contributed by atoms with Crippen LogP contribution in [0.3, 0.4) is 0 Å². The first-order valence-electron chi connectivity index (χ1n) is 8.62. The van der Waals surface area contributed by atoms with Gasteiger partial charge in [-0.1, -0.05) is 26.7 Å². The zero-order valence-corrected chi connectivity index (χ0v) is 14.3. The van der Waals surface area contributed by atoms with Gasteiger partial charge in [-0.15, -0.1) is 0 Å². The molecule has 2 atom stereocenters. The molecule has 131 valence electrons. The third kappa shape index (κ3) is 7.59. The molecule has 0 aliphatic carbocycles. The summed E-state index contributed by atoms with van der Waals surface area (Å²) in [5.74, 6) is -1.03. The summed E-state index contributed by atoms with van der Waals surface area (Å²) >= 11 is 0. The van der Waals surface area contributed by atoms with Gasteiger partial charge in [-0.3, -0.25) is 19.3 Å². The molecule has 1 heterocycles. The molecular weight excluding hydrogens is 294 g/mol. The summed E-state index contributed by atoms with van der Waals surface area (Å²) in [6.45, 7) is 6.10. The maximum absolute atomic E-state index is 12.3. The lowest BCUT2D eigenvalue weighted by atomic mass is 10.0. The standard InChI is InChI=1S/C17H30N3O3/c1-3-4-5-10-20-11-6-7-14(15(21)12-20)19-16(22)9-8-13(2)17(18)23/h9,13-14H,3-8,10-12H2,1-2H3,(H2,18,23)(H,19,22)/t13?,14-/m0/s1. The van der Waals surface area contributed by atoms with E-state index in [1.807, 2.05) is 0 Å². The Hall–Kier alpha value is -1.43. The molecule has 1 fully saturated rings. The Balaban J connectivity index is 2.37. The number of carbonyl (C=O) groups excluding carboxylic acids is 3. The fraction of sp³-hybridized carbons (Fsp3) is 0.765. The first-order valence-corrected chi connectivity index (χ1v) is 8.62. The van der Waals surface area contributed by atoms with Crippen LogP contribution in [0.15, 0.2) is 0 Å². The molecule has 0 spiro atoms. The second kappa shape index (κ2) is 10.4. The Morgan fingerprint density at radius 1 is 1.43 bits per heavy atom. The molecule has 0 saturated carbocycles. The van der Waals surface area contributed by atoms with Crippen molar-refractivity contribution in [3.63, 3.8) is 0 Å². The minimum Gasteiger partial charge on any atom is -0.369 e. The van der Waals surface area contributed by atoms with Crippen molar-refractivity contribution in [2.75, 3.05) is 19.6 Å². The van der Waals surface area contributed by atoms with Gasteiger partial charge in [0.15, 0.2) is 5.78 Å². The average molecular weight is 324 g/mol. The van der Waals surface area contributed by atoms with Crippen LogP contribution in [0.4, 0.5) is 0 Å². The van der Waals surface area contributed by atoms with Crippen LogP contribution in [-0.4, -0.2) is 48.2 Å². The van der Waals surface area contributed by atoms with E-state index >= 15 is 0 Å². The number of nitrogens with zero attached hydrogens (tertiary/aromatic N) is 1. The van der Waals surface area contributed by atoms with Crippen LogP contribution in [0, 0.1) is 12.3 Å². The number of carbonyl (C=O) groups is 3. The lowest BCUT2D eigenvalue weighted by molar-refractivity contribution is -0.126. The fourth-order valence-electron chi connectivity index (χ4n) is 2.65. The molecule has 23 heavy (non-hydrogen) atoms. The van der Waals surface area contributed by atoms with Crippen molar-refractivity contribution in [3.05, 3.63) is 6.42 Å². The Bertz CT molecular complexity index is 412. The molecule has 6 heteroatoms. The number of ketones is 1. The predicted octanol–water partition coefficient (Wildman–Crippen LogP) is 1.04. The van der Waals surface area contributed by atoms with Gasteiger partial charge in [0.1, 0.15) is 0 Å². The molecule has 0 aromatic carbocycles. The Labute approximate surface area is 139 Å². The number of hydrogen-bond acceptors (Lipinski definition) is 4. The summed E-state index contributed by atoms with van der Waals surface area (Å²) in [7, 11) is 0. The number of Topliss-reactive ketones (excluding diaryl/α,β-unsaturated/α-hetero) is 1. The van der Waals surface area contributed by atoms with Crippen LogP contribution >= 0.6 is 0 Å². The van der Waals surface area contributed by atoms with Gasteiger partial charge < -0.3 is 11.1 Å². The maximum atomic E-state index is 12.3. The van der Waals surface area contributed by atoms with Gasteiger partial charge in [0.25, 0.3) is 0 Å². The third-order valence-electron chi connectivity index (χ3n) is 4.27. The average Bonchev–Trinajstić information content (AvgIpc) is 2.67. The van der Waals surface area contributed by atoms with Crippen molar-refractivity contribution in [2.24, 2.45) is 11.7 Å². The summed E-state index contributed by atoms with van der Waals surface area (Å²) in [6, 6.07) is -0.418. The van der Waals surface area contributed by atoms with E-state index in [9.17, 15) is 14.4 Å². The van der Waals surface area contributed by atoms with Crippen LogP contribution < -0.4 is 11.1 Å². The van der Waals surface area contributed by atoms with Crippen LogP contribution in [0.1, 0.15) is 52.4 Å². The van der Waals surface area contributed by atoms with Crippen LogP contribution in [0.25, 0.3) is 0 Å².